The van der Waals surface area contributed by atoms with Gasteiger partial charge in [-0.1, -0.05) is 68.2 Å². The molecule has 0 aromatic carbocycles. The molecule has 1 fully saturated rings. The average Bonchev–Trinajstić information content (AvgIpc) is 2.33. The minimum absolute atomic E-state index is 0.401. The largest absolute Gasteiger partial charge is 0.310 e. The highest BCUT2D eigenvalue weighted by Crippen LogP contribution is 2.47. The third-order valence-electron chi connectivity index (χ3n) is 6.17. The van der Waals surface area contributed by atoms with E-state index in [-0.39, 0.29) is 0 Å². The molecule has 0 bridgehead atoms. The average molecular weight is 282 g/mol. The molecule has 0 spiro atoms. The molecule has 120 valence electrons. The molecule has 20 heavy (non-hydrogen) atoms. The minimum Gasteiger partial charge on any atom is -0.310 e. The molecule has 0 aromatic heterocycles. The molecule has 4 unspecified atom stereocenters. The van der Waals surface area contributed by atoms with Crippen LogP contribution in [0.25, 0.3) is 0 Å². The molecule has 1 N–H and O–H groups in total. The molecule has 4 atom stereocenters. The molecule has 1 aliphatic rings. The van der Waals surface area contributed by atoms with E-state index in [1.807, 2.05) is 0 Å². The first-order chi connectivity index (χ1) is 9.15. The molecule has 0 amide bonds. The van der Waals surface area contributed by atoms with Crippen LogP contribution in [0.3, 0.4) is 0 Å². The van der Waals surface area contributed by atoms with Crippen molar-refractivity contribution < 1.29 is 0 Å². The molecular weight excluding hydrogens is 242 g/mol. The quantitative estimate of drug-likeness (QED) is 0.607. The highest BCUT2D eigenvalue weighted by Gasteiger charge is 2.46. The molecule has 1 saturated carbocycles. The van der Waals surface area contributed by atoms with Gasteiger partial charge in [-0.25, -0.2) is 0 Å². The summed E-state index contributed by atoms with van der Waals surface area (Å²) in [6.07, 6.45) is 6.62. The van der Waals surface area contributed by atoms with Gasteiger partial charge in [0, 0.05) is 12.1 Å². The highest BCUT2D eigenvalue weighted by molar-refractivity contribution is 5.01. The second kappa shape index (κ2) is 6.81. The molecule has 0 radical (unpaired) electrons. The van der Waals surface area contributed by atoms with Crippen LogP contribution in [0.15, 0.2) is 0 Å². The second-order valence-corrected chi connectivity index (χ2v) is 8.72. The van der Waals surface area contributed by atoms with Crippen LogP contribution in [0, 0.1) is 22.7 Å². The van der Waals surface area contributed by atoms with Gasteiger partial charge in [-0.3, -0.25) is 0 Å². The van der Waals surface area contributed by atoms with Crippen LogP contribution in [0.2, 0.25) is 0 Å². The van der Waals surface area contributed by atoms with Crippen molar-refractivity contribution in [3.05, 3.63) is 0 Å². The van der Waals surface area contributed by atoms with Gasteiger partial charge in [-0.05, 0) is 41.9 Å². The minimum atomic E-state index is 0.401. The Bertz CT molecular complexity index is 292. The molecule has 1 nitrogen and oxygen atoms in total. The zero-order chi connectivity index (χ0) is 15.6. The standard InChI is InChI=1S/C19H39N/c1-9-11-14(3)13-18(5,6)16(10-2)20-17-12-15(4)19(17,7)8/h14-17,20H,9-13H2,1-8H3. The fraction of sp³-hybridized carbons (Fsp3) is 1.00. The number of hydrogen-bond donors (Lipinski definition) is 1. The lowest BCUT2D eigenvalue weighted by molar-refractivity contribution is 0.00449. The SMILES string of the molecule is CCCC(C)CC(C)(C)C(CC)NC1CC(C)C1(C)C. The summed E-state index contributed by atoms with van der Waals surface area (Å²) in [6.45, 7) is 19.3. The molecule has 0 aromatic rings. The number of nitrogens with one attached hydrogen (secondary N) is 1. The van der Waals surface area contributed by atoms with Gasteiger partial charge >= 0.3 is 0 Å². The van der Waals surface area contributed by atoms with Crippen LogP contribution in [-0.2, 0) is 0 Å². The van der Waals surface area contributed by atoms with E-state index in [0.717, 1.165) is 11.8 Å². The lowest BCUT2D eigenvalue weighted by Crippen LogP contribution is -2.60. The molecule has 1 rings (SSSR count). The van der Waals surface area contributed by atoms with Crippen molar-refractivity contribution in [2.45, 2.75) is 99.6 Å². The predicted octanol–water partition coefficient (Wildman–Crippen LogP) is 5.64. The number of hydrogen-bond acceptors (Lipinski definition) is 1. The van der Waals surface area contributed by atoms with E-state index < -0.39 is 0 Å². The topological polar surface area (TPSA) is 12.0 Å². The van der Waals surface area contributed by atoms with E-state index in [9.17, 15) is 0 Å². The molecular formula is C19H39N. The lowest BCUT2D eigenvalue weighted by Gasteiger charge is -2.54. The van der Waals surface area contributed by atoms with E-state index in [0.29, 0.717) is 22.9 Å². The summed E-state index contributed by atoms with van der Waals surface area (Å²) in [6, 6.07) is 1.36. The van der Waals surface area contributed by atoms with Gasteiger partial charge < -0.3 is 5.32 Å². The predicted molar refractivity (Wildman–Crippen MR) is 91.0 cm³/mol. The molecule has 0 heterocycles. The fourth-order valence-corrected chi connectivity index (χ4v) is 4.20. The van der Waals surface area contributed by atoms with Crippen molar-refractivity contribution in [1.29, 1.82) is 0 Å². The van der Waals surface area contributed by atoms with Crippen LogP contribution in [0.1, 0.15) is 87.5 Å². The zero-order valence-corrected chi connectivity index (χ0v) is 15.3. The van der Waals surface area contributed by atoms with Crippen LogP contribution in [0.5, 0.6) is 0 Å². The third kappa shape index (κ3) is 4.00. The Morgan fingerprint density at radius 1 is 1.25 bits per heavy atom. The number of rotatable bonds is 8. The molecule has 1 heteroatoms. The maximum absolute atomic E-state index is 4.01. The van der Waals surface area contributed by atoms with Gasteiger partial charge in [-0.2, -0.15) is 0 Å². The van der Waals surface area contributed by atoms with Crippen molar-refractivity contribution in [3.63, 3.8) is 0 Å². The van der Waals surface area contributed by atoms with Crippen LogP contribution >= 0.6 is 0 Å². The monoisotopic (exact) mass is 281 g/mol. The van der Waals surface area contributed by atoms with E-state index in [2.05, 4.69) is 60.7 Å². The van der Waals surface area contributed by atoms with Gasteiger partial charge in [0.05, 0.1) is 0 Å². The van der Waals surface area contributed by atoms with E-state index >= 15 is 0 Å². The maximum Gasteiger partial charge on any atom is 0.0126 e. The van der Waals surface area contributed by atoms with Gasteiger partial charge in [0.1, 0.15) is 0 Å². The first-order valence-electron chi connectivity index (χ1n) is 8.91. The summed E-state index contributed by atoms with van der Waals surface area (Å²) in [5.41, 5.74) is 0.872. The Balaban J connectivity index is 2.60. The summed E-state index contributed by atoms with van der Waals surface area (Å²) >= 11 is 0. The van der Waals surface area contributed by atoms with Gasteiger partial charge in [0.25, 0.3) is 0 Å². The molecule has 0 saturated heterocycles. The van der Waals surface area contributed by atoms with E-state index in [1.165, 1.54) is 32.1 Å². The second-order valence-electron chi connectivity index (χ2n) is 8.72. The lowest BCUT2D eigenvalue weighted by atomic mass is 9.59. The summed E-state index contributed by atoms with van der Waals surface area (Å²) in [4.78, 5) is 0. The summed E-state index contributed by atoms with van der Waals surface area (Å²) in [7, 11) is 0. The van der Waals surface area contributed by atoms with E-state index in [1.54, 1.807) is 0 Å². The first-order valence-corrected chi connectivity index (χ1v) is 8.91. The Hall–Kier alpha value is -0.0400. The van der Waals surface area contributed by atoms with Crippen molar-refractivity contribution in [3.8, 4) is 0 Å². The van der Waals surface area contributed by atoms with Crippen molar-refractivity contribution in [2.75, 3.05) is 0 Å². The summed E-state index contributed by atoms with van der Waals surface area (Å²) < 4.78 is 0. The van der Waals surface area contributed by atoms with Gasteiger partial charge in [0.2, 0.25) is 0 Å². The Morgan fingerprint density at radius 2 is 1.85 bits per heavy atom. The van der Waals surface area contributed by atoms with Crippen LogP contribution < -0.4 is 5.32 Å². The Kier molecular flexibility index (Phi) is 6.14. The normalized spacial score (nSPS) is 28.8. The maximum atomic E-state index is 4.01. The Morgan fingerprint density at radius 3 is 2.25 bits per heavy atom. The Labute approximate surface area is 128 Å². The van der Waals surface area contributed by atoms with E-state index in [4.69, 9.17) is 0 Å². The summed E-state index contributed by atoms with van der Waals surface area (Å²) in [5, 5.41) is 4.01. The van der Waals surface area contributed by atoms with Gasteiger partial charge in [0.15, 0.2) is 0 Å². The molecule has 0 aliphatic heterocycles. The summed E-state index contributed by atoms with van der Waals surface area (Å²) in [5.74, 6) is 1.71. The third-order valence-corrected chi connectivity index (χ3v) is 6.17. The van der Waals surface area contributed by atoms with Crippen molar-refractivity contribution >= 4 is 0 Å². The van der Waals surface area contributed by atoms with Crippen molar-refractivity contribution in [2.24, 2.45) is 22.7 Å². The van der Waals surface area contributed by atoms with Gasteiger partial charge in [-0.15, -0.1) is 0 Å². The molecule has 1 aliphatic carbocycles. The smallest absolute Gasteiger partial charge is 0.0126 e. The fourth-order valence-electron chi connectivity index (χ4n) is 4.20. The van der Waals surface area contributed by atoms with Crippen molar-refractivity contribution in [1.82, 2.24) is 5.32 Å². The first kappa shape index (κ1) is 18.0. The zero-order valence-electron chi connectivity index (χ0n) is 15.3. The van der Waals surface area contributed by atoms with Crippen LogP contribution in [0.4, 0.5) is 0 Å². The van der Waals surface area contributed by atoms with Crippen LogP contribution in [-0.4, -0.2) is 12.1 Å². The highest BCUT2D eigenvalue weighted by atomic mass is 15.0.